The molecule has 0 aromatic rings. The molecule has 0 aliphatic carbocycles. The molecule has 0 unspecified atom stereocenters. The second kappa shape index (κ2) is 18.6. The lowest BCUT2D eigenvalue weighted by atomic mass is 10.5. The van der Waals surface area contributed by atoms with Gasteiger partial charge in [-0.3, -0.25) is 9.59 Å². The van der Waals surface area contributed by atoms with E-state index in [1.54, 1.807) is 13.8 Å². The quantitative estimate of drug-likeness (QED) is 0.760. The maximum absolute atomic E-state index is 9.37. The smallest absolute Gasteiger partial charge is 0.303 e. The minimum absolute atomic E-state index is 0.222. The van der Waals surface area contributed by atoms with Crippen molar-refractivity contribution in [2.75, 3.05) is 13.2 Å². The molecule has 0 rings (SSSR count). The molecule has 0 saturated heterocycles. The van der Waals surface area contributed by atoms with Crippen LogP contribution in [0.25, 0.3) is 0 Å². The van der Waals surface area contributed by atoms with Crippen LogP contribution in [-0.2, 0) is 14.3 Å². The number of rotatable bonds is 4. The van der Waals surface area contributed by atoms with E-state index in [9.17, 15) is 9.59 Å². The molecular weight excluding hydrogens is 200 g/mol. The average Bonchev–Trinajstić information content (AvgIpc) is 2.20. The van der Waals surface area contributed by atoms with Gasteiger partial charge in [-0.15, -0.1) is 0 Å². The standard InChI is InChI=1S/C4H10O.2C3H6O2/c1-3-5-4-2;2*1-2-3(4)5/h3-4H2,1-2H3;2*2H2,1H3,(H,4,5). The van der Waals surface area contributed by atoms with Crippen molar-refractivity contribution in [2.45, 2.75) is 40.5 Å². The molecule has 0 amide bonds. The van der Waals surface area contributed by atoms with Crippen molar-refractivity contribution in [3.8, 4) is 0 Å². The van der Waals surface area contributed by atoms with E-state index in [1.807, 2.05) is 13.8 Å². The molecule has 0 aromatic carbocycles. The van der Waals surface area contributed by atoms with Crippen LogP contribution in [-0.4, -0.2) is 35.4 Å². The number of carboxylic acid groups (broad SMARTS) is 2. The first-order valence-electron chi connectivity index (χ1n) is 4.97. The monoisotopic (exact) mass is 222 g/mol. The van der Waals surface area contributed by atoms with E-state index in [2.05, 4.69) is 0 Å². The minimum atomic E-state index is -0.745. The first-order valence-corrected chi connectivity index (χ1v) is 4.97. The fourth-order valence-electron chi connectivity index (χ4n) is 0.204. The second-order valence-corrected chi connectivity index (χ2v) is 2.28. The van der Waals surface area contributed by atoms with E-state index in [4.69, 9.17) is 14.9 Å². The third-order valence-electron chi connectivity index (χ3n) is 1.01. The molecule has 15 heavy (non-hydrogen) atoms. The summed E-state index contributed by atoms with van der Waals surface area (Å²) < 4.78 is 4.83. The summed E-state index contributed by atoms with van der Waals surface area (Å²) >= 11 is 0. The molecule has 5 nitrogen and oxygen atoms in total. The van der Waals surface area contributed by atoms with Gasteiger partial charge in [0, 0.05) is 26.1 Å². The van der Waals surface area contributed by atoms with E-state index in [-0.39, 0.29) is 12.8 Å². The second-order valence-electron chi connectivity index (χ2n) is 2.28. The molecule has 0 radical (unpaired) electrons. The van der Waals surface area contributed by atoms with Gasteiger partial charge in [-0.1, -0.05) is 13.8 Å². The highest BCUT2D eigenvalue weighted by Crippen LogP contribution is 1.67. The Morgan fingerprint density at radius 3 is 1.07 bits per heavy atom. The lowest BCUT2D eigenvalue weighted by Crippen LogP contribution is -1.86. The zero-order valence-electron chi connectivity index (χ0n) is 9.95. The summed E-state index contributed by atoms with van der Waals surface area (Å²) in [6.07, 6.45) is 0.444. The predicted octanol–water partition coefficient (Wildman–Crippen LogP) is 2.00. The van der Waals surface area contributed by atoms with Crippen molar-refractivity contribution in [3.05, 3.63) is 0 Å². The number of ether oxygens (including phenoxy) is 1. The molecule has 0 spiro atoms. The molecule has 5 heteroatoms. The summed E-state index contributed by atoms with van der Waals surface area (Å²) in [7, 11) is 0. The fourth-order valence-corrected chi connectivity index (χ4v) is 0.204. The number of aliphatic carboxylic acids is 2. The van der Waals surface area contributed by atoms with Crippen LogP contribution in [0.4, 0.5) is 0 Å². The SMILES string of the molecule is CCC(=O)O.CCC(=O)O.CCOCC. The van der Waals surface area contributed by atoms with Crippen LogP contribution in [0.2, 0.25) is 0 Å². The third kappa shape index (κ3) is 63.8. The number of hydrogen-bond acceptors (Lipinski definition) is 3. The zero-order valence-corrected chi connectivity index (χ0v) is 9.95. The third-order valence-corrected chi connectivity index (χ3v) is 1.01. The minimum Gasteiger partial charge on any atom is -0.481 e. The topological polar surface area (TPSA) is 83.8 Å². The number of hydrogen-bond donors (Lipinski definition) is 2. The summed E-state index contributed by atoms with van der Waals surface area (Å²) in [4.78, 5) is 18.7. The van der Waals surface area contributed by atoms with Crippen molar-refractivity contribution in [2.24, 2.45) is 0 Å². The molecule has 92 valence electrons. The Kier molecular flexibility index (Phi) is 24.2. The van der Waals surface area contributed by atoms with Crippen molar-refractivity contribution in [1.82, 2.24) is 0 Å². The van der Waals surface area contributed by atoms with Gasteiger partial charge in [0.2, 0.25) is 0 Å². The van der Waals surface area contributed by atoms with Crippen LogP contribution in [0.5, 0.6) is 0 Å². The summed E-state index contributed by atoms with van der Waals surface area (Å²) in [6, 6.07) is 0. The summed E-state index contributed by atoms with van der Waals surface area (Å²) in [5, 5.41) is 15.4. The molecule has 0 heterocycles. The van der Waals surface area contributed by atoms with Gasteiger partial charge in [-0.2, -0.15) is 0 Å². The molecule has 0 aliphatic heterocycles. The van der Waals surface area contributed by atoms with E-state index >= 15 is 0 Å². The van der Waals surface area contributed by atoms with Crippen LogP contribution in [0, 0.1) is 0 Å². The van der Waals surface area contributed by atoms with E-state index in [0.717, 1.165) is 13.2 Å². The van der Waals surface area contributed by atoms with Crippen LogP contribution >= 0.6 is 0 Å². The van der Waals surface area contributed by atoms with Gasteiger partial charge >= 0.3 is 11.9 Å². The molecule has 0 aliphatic rings. The average molecular weight is 222 g/mol. The van der Waals surface area contributed by atoms with Crippen LogP contribution in [0.3, 0.4) is 0 Å². The van der Waals surface area contributed by atoms with Gasteiger partial charge in [-0.05, 0) is 13.8 Å². The molecule has 0 fully saturated rings. The van der Waals surface area contributed by atoms with Crippen molar-refractivity contribution in [1.29, 1.82) is 0 Å². The Bertz CT molecular complexity index is 129. The predicted molar refractivity (Wildman–Crippen MR) is 58.0 cm³/mol. The van der Waals surface area contributed by atoms with E-state index < -0.39 is 11.9 Å². The molecule has 0 aromatic heterocycles. The van der Waals surface area contributed by atoms with Crippen LogP contribution in [0.15, 0.2) is 0 Å². The molecule has 2 N–H and O–H groups in total. The zero-order chi connectivity index (χ0) is 12.7. The Balaban J connectivity index is -0.000000144. The Hall–Kier alpha value is -1.10. The lowest BCUT2D eigenvalue weighted by molar-refractivity contribution is -0.137. The summed E-state index contributed by atoms with van der Waals surface area (Å²) in [5.74, 6) is -1.49. The Morgan fingerprint density at radius 2 is 1.07 bits per heavy atom. The largest absolute Gasteiger partial charge is 0.481 e. The van der Waals surface area contributed by atoms with Crippen LogP contribution in [0.1, 0.15) is 40.5 Å². The normalized spacial score (nSPS) is 7.73. The fraction of sp³-hybridized carbons (Fsp3) is 0.800. The highest BCUT2D eigenvalue weighted by atomic mass is 16.5. The van der Waals surface area contributed by atoms with Gasteiger partial charge in [0.1, 0.15) is 0 Å². The van der Waals surface area contributed by atoms with Crippen molar-refractivity contribution >= 4 is 11.9 Å². The van der Waals surface area contributed by atoms with Gasteiger partial charge < -0.3 is 14.9 Å². The highest BCUT2D eigenvalue weighted by Gasteiger charge is 1.81. The van der Waals surface area contributed by atoms with Crippen molar-refractivity contribution in [3.63, 3.8) is 0 Å². The highest BCUT2D eigenvalue weighted by molar-refractivity contribution is 5.66. The van der Waals surface area contributed by atoms with Gasteiger partial charge in [0.05, 0.1) is 0 Å². The number of carboxylic acids is 2. The molecule has 0 bridgehead atoms. The van der Waals surface area contributed by atoms with E-state index in [0.29, 0.717) is 0 Å². The van der Waals surface area contributed by atoms with E-state index in [1.165, 1.54) is 0 Å². The first kappa shape index (κ1) is 19.5. The molecule has 0 saturated carbocycles. The van der Waals surface area contributed by atoms with Gasteiger partial charge in [0.25, 0.3) is 0 Å². The van der Waals surface area contributed by atoms with Crippen molar-refractivity contribution < 1.29 is 24.5 Å². The molecular formula is C10H22O5. The van der Waals surface area contributed by atoms with Crippen LogP contribution < -0.4 is 0 Å². The summed E-state index contributed by atoms with van der Waals surface area (Å²) in [5.41, 5.74) is 0. The maximum Gasteiger partial charge on any atom is 0.303 e. The van der Waals surface area contributed by atoms with Gasteiger partial charge in [-0.25, -0.2) is 0 Å². The van der Waals surface area contributed by atoms with Gasteiger partial charge in [0.15, 0.2) is 0 Å². The Labute approximate surface area is 91.1 Å². The number of carbonyl (C=O) groups is 2. The first-order chi connectivity index (χ1) is 6.95. The maximum atomic E-state index is 9.37. The lowest BCUT2D eigenvalue weighted by Gasteiger charge is -1.86. The Morgan fingerprint density at radius 1 is 0.867 bits per heavy atom. The molecule has 0 atom stereocenters. The summed E-state index contributed by atoms with van der Waals surface area (Å²) in [6.45, 7) is 8.87.